The summed E-state index contributed by atoms with van der Waals surface area (Å²) in [6.45, 7) is 6.27. The molecule has 19 heavy (non-hydrogen) atoms. The molecule has 1 aromatic rings. The second-order valence-electron chi connectivity index (χ2n) is 5.20. The van der Waals surface area contributed by atoms with Crippen LogP contribution in [-0.4, -0.2) is 13.7 Å². The van der Waals surface area contributed by atoms with Crippen LogP contribution in [0.1, 0.15) is 44.2 Å². The molecule has 0 saturated heterocycles. The first-order valence-electron chi connectivity index (χ1n) is 6.95. The maximum absolute atomic E-state index is 8.91. The highest BCUT2D eigenvalue weighted by Gasteiger charge is 2.04. The zero-order chi connectivity index (χ0) is 14.1. The van der Waals surface area contributed by atoms with Crippen molar-refractivity contribution in [3.8, 4) is 11.8 Å². The number of nitrogens with one attached hydrogen (secondary N) is 1. The van der Waals surface area contributed by atoms with Crippen molar-refractivity contribution in [3.63, 3.8) is 0 Å². The molecule has 0 amide bonds. The van der Waals surface area contributed by atoms with Gasteiger partial charge < -0.3 is 10.1 Å². The lowest BCUT2D eigenvalue weighted by atomic mass is 10.1. The Bertz CT molecular complexity index is 421. The Morgan fingerprint density at radius 1 is 1.32 bits per heavy atom. The average Bonchev–Trinajstić information content (AvgIpc) is 2.42. The highest BCUT2D eigenvalue weighted by atomic mass is 16.5. The molecule has 0 aliphatic rings. The van der Waals surface area contributed by atoms with Gasteiger partial charge in [-0.05, 0) is 37.1 Å². The number of benzene rings is 1. The summed E-state index contributed by atoms with van der Waals surface area (Å²) in [5.74, 6) is 1.63. The van der Waals surface area contributed by atoms with Crippen molar-refractivity contribution in [2.45, 2.75) is 39.7 Å². The standard InChI is InChI=1S/C16H24N2O/c1-13(2)6-4-5-9-18-12-15-10-14(11-17)7-8-16(15)19-3/h7-8,10,13,18H,4-6,9,12H2,1-3H3. The van der Waals surface area contributed by atoms with E-state index in [1.807, 2.05) is 12.1 Å². The summed E-state index contributed by atoms with van der Waals surface area (Å²) < 4.78 is 5.31. The van der Waals surface area contributed by atoms with Gasteiger partial charge in [-0.3, -0.25) is 0 Å². The van der Waals surface area contributed by atoms with Gasteiger partial charge in [0, 0.05) is 12.1 Å². The Labute approximate surface area is 116 Å². The molecule has 0 radical (unpaired) electrons. The Kier molecular flexibility index (Phi) is 6.99. The van der Waals surface area contributed by atoms with Crippen LogP contribution >= 0.6 is 0 Å². The van der Waals surface area contributed by atoms with Crippen molar-refractivity contribution < 1.29 is 4.74 Å². The fourth-order valence-corrected chi connectivity index (χ4v) is 2.01. The van der Waals surface area contributed by atoms with E-state index in [1.165, 1.54) is 19.3 Å². The SMILES string of the molecule is COc1ccc(C#N)cc1CNCCCCC(C)C. The fraction of sp³-hybridized carbons (Fsp3) is 0.562. The topological polar surface area (TPSA) is 45.0 Å². The van der Waals surface area contributed by atoms with Gasteiger partial charge in [-0.15, -0.1) is 0 Å². The average molecular weight is 260 g/mol. The zero-order valence-corrected chi connectivity index (χ0v) is 12.2. The first kappa shape index (κ1) is 15.5. The summed E-state index contributed by atoms with van der Waals surface area (Å²) in [4.78, 5) is 0. The van der Waals surface area contributed by atoms with Crippen LogP contribution in [-0.2, 0) is 6.54 Å². The van der Waals surface area contributed by atoms with Gasteiger partial charge in [0.1, 0.15) is 5.75 Å². The lowest BCUT2D eigenvalue weighted by Crippen LogP contribution is -2.15. The van der Waals surface area contributed by atoms with Crippen molar-refractivity contribution in [2.24, 2.45) is 5.92 Å². The van der Waals surface area contributed by atoms with Gasteiger partial charge in [-0.1, -0.05) is 26.7 Å². The van der Waals surface area contributed by atoms with Crippen molar-refractivity contribution in [1.29, 1.82) is 5.26 Å². The van der Waals surface area contributed by atoms with Crippen LogP contribution in [0.25, 0.3) is 0 Å². The van der Waals surface area contributed by atoms with Gasteiger partial charge in [0.05, 0.1) is 18.7 Å². The maximum Gasteiger partial charge on any atom is 0.123 e. The van der Waals surface area contributed by atoms with Crippen molar-refractivity contribution >= 4 is 0 Å². The molecule has 0 unspecified atom stereocenters. The number of rotatable bonds is 8. The van der Waals surface area contributed by atoms with E-state index in [4.69, 9.17) is 10.00 Å². The molecule has 0 heterocycles. The minimum absolute atomic E-state index is 0.678. The van der Waals surface area contributed by atoms with Gasteiger partial charge in [0.2, 0.25) is 0 Å². The monoisotopic (exact) mass is 260 g/mol. The van der Waals surface area contributed by atoms with Gasteiger partial charge in [-0.25, -0.2) is 0 Å². The predicted molar refractivity (Wildman–Crippen MR) is 78.1 cm³/mol. The van der Waals surface area contributed by atoms with Crippen molar-refractivity contribution in [1.82, 2.24) is 5.32 Å². The molecular weight excluding hydrogens is 236 g/mol. The summed E-state index contributed by atoms with van der Waals surface area (Å²) in [5, 5.41) is 12.3. The zero-order valence-electron chi connectivity index (χ0n) is 12.2. The van der Waals surface area contributed by atoms with E-state index in [-0.39, 0.29) is 0 Å². The number of nitrogens with zero attached hydrogens (tertiary/aromatic N) is 1. The molecule has 0 aliphatic heterocycles. The smallest absolute Gasteiger partial charge is 0.123 e. The molecule has 0 fully saturated rings. The van der Waals surface area contributed by atoms with E-state index < -0.39 is 0 Å². The van der Waals surface area contributed by atoms with Crippen molar-refractivity contribution in [3.05, 3.63) is 29.3 Å². The third-order valence-electron chi connectivity index (χ3n) is 3.11. The molecule has 0 aliphatic carbocycles. The first-order chi connectivity index (χ1) is 9.17. The van der Waals surface area contributed by atoms with Crippen LogP contribution < -0.4 is 10.1 Å². The number of hydrogen-bond donors (Lipinski definition) is 1. The second kappa shape index (κ2) is 8.55. The number of unbranched alkanes of at least 4 members (excludes halogenated alkanes) is 1. The molecule has 3 heteroatoms. The minimum atomic E-state index is 0.678. The molecule has 104 valence electrons. The first-order valence-corrected chi connectivity index (χ1v) is 6.95. The van der Waals surface area contributed by atoms with E-state index in [0.717, 1.165) is 30.3 Å². The highest BCUT2D eigenvalue weighted by Crippen LogP contribution is 2.19. The number of hydrogen-bond acceptors (Lipinski definition) is 3. The summed E-state index contributed by atoms with van der Waals surface area (Å²) in [7, 11) is 1.66. The van der Waals surface area contributed by atoms with Crippen molar-refractivity contribution in [2.75, 3.05) is 13.7 Å². The molecule has 1 aromatic carbocycles. The van der Waals surface area contributed by atoms with Crippen LogP contribution in [0, 0.1) is 17.2 Å². The van der Waals surface area contributed by atoms with Crippen LogP contribution in [0.5, 0.6) is 5.75 Å². The number of nitriles is 1. The molecule has 1 N–H and O–H groups in total. The normalized spacial score (nSPS) is 10.5. The van der Waals surface area contributed by atoms with E-state index in [1.54, 1.807) is 13.2 Å². The van der Waals surface area contributed by atoms with E-state index in [9.17, 15) is 0 Å². The predicted octanol–water partition coefficient (Wildman–Crippen LogP) is 3.48. The molecule has 0 aromatic heterocycles. The Hall–Kier alpha value is -1.53. The van der Waals surface area contributed by atoms with Crippen LogP contribution in [0.3, 0.4) is 0 Å². The summed E-state index contributed by atoms with van der Waals surface area (Å²) in [6.07, 6.45) is 3.74. The van der Waals surface area contributed by atoms with E-state index >= 15 is 0 Å². The van der Waals surface area contributed by atoms with Gasteiger partial charge in [-0.2, -0.15) is 5.26 Å². The second-order valence-corrected chi connectivity index (χ2v) is 5.20. The molecule has 0 atom stereocenters. The molecular formula is C16H24N2O. The van der Waals surface area contributed by atoms with E-state index in [0.29, 0.717) is 5.56 Å². The summed E-state index contributed by atoms with van der Waals surface area (Å²) >= 11 is 0. The summed E-state index contributed by atoms with van der Waals surface area (Å²) in [5.41, 5.74) is 1.72. The molecule has 0 bridgehead atoms. The fourth-order valence-electron chi connectivity index (χ4n) is 2.01. The quantitative estimate of drug-likeness (QED) is 0.728. The minimum Gasteiger partial charge on any atom is -0.496 e. The van der Waals surface area contributed by atoms with Gasteiger partial charge >= 0.3 is 0 Å². The highest BCUT2D eigenvalue weighted by molar-refractivity contribution is 5.41. The Morgan fingerprint density at radius 2 is 2.11 bits per heavy atom. The lowest BCUT2D eigenvalue weighted by Gasteiger charge is -2.10. The lowest BCUT2D eigenvalue weighted by molar-refractivity contribution is 0.407. The maximum atomic E-state index is 8.91. The third-order valence-corrected chi connectivity index (χ3v) is 3.11. The Balaban J connectivity index is 2.38. The molecule has 3 nitrogen and oxygen atoms in total. The summed E-state index contributed by atoms with van der Waals surface area (Å²) in [6, 6.07) is 7.69. The largest absolute Gasteiger partial charge is 0.496 e. The van der Waals surface area contributed by atoms with Gasteiger partial charge in [0.15, 0.2) is 0 Å². The van der Waals surface area contributed by atoms with Gasteiger partial charge in [0.25, 0.3) is 0 Å². The van der Waals surface area contributed by atoms with Crippen LogP contribution in [0.15, 0.2) is 18.2 Å². The number of methoxy groups -OCH3 is 1. The van der Waals surface area contributed by atoms with Crippen LogP contribution in [0.4, 0.5) is 0 Å². The Morgan fingerprint density at radius 3 is 2.74 bits per heavy atom. The van der Waals surface area contributed by atoms with Crippen LogP contribution in [0.2, 0.25) is 0 Å². The molecule has 0 saturated carbocycles. The van der Waals surface area contributed by atoms with E-state index in [2.05, 4.69) is 25.2 Å². The molecule has 1 rings (SSSR count). The molecule has 0 spiro atoms. The number of ether oxygens (including phenoxy) is 1. The third kappa shape index (κ3) is 5.76.